The van der Waals surface area contributed by atoms with E-state index in [0.29, 0.717) is 4.77 Å². The third-order valence-electron chi connectivity index (χ3n) is 2.33. The molecular weight excluding hydrogens is 210 g/mol. The van der Waals surface area contributed by atoms with Crippen LogP contribution in [0.1, 0.15) is 33.1 Å². The van der Waals surface area contributed by atoms with Crippen molar-refractivity contribution in [3.63, 3.8) is 0 Å². The second kappa shape index (κ2) is 5.70. The topological polar surface area (TPSA) is 49.8 Å². The van der Waals surface area contributed by atoms with Crippen LogP contribution in [0.4, 0.5) is 4.79 Å². The van der Waals surface area contributed by atoms with Crippen LogP contribution in [-0.2, 0) is 0 Å². The van der Waals surface area contributed by atoms with Gasteiger partial charge in [0.05, 0.1) is 0 Å². The number of aromatic amines is 1. The molecule has 1 atom stereocenters. The maximum absolute atomic E-state index is 11.7. The summed E-state index contributed by atoms with van der Waals surface area (Å²) < 4.78 is 1.84. The molecule has 0 bridgehead atoms. The minimum absolute atomic E-state index is 0.151. The van der Waals surface area contributed by atoms with E-state index < -0.39 is 0 Å². The zero-order chi connectivity index (χ0) is 11.3. The second-order valence-corrected chi connectivity index (χ2v) is 3.87. The van der Waals surface area contributed by atoms with Crippen LogP contribution in [0.25, 0.3) is 0 Å². The lowest BCUT2D eigenvalue weighted by Crippen LogP contribution is -2.37. The van der Waals surface area contributed by atoms with Crippen LogP contribution in [-0.4, -0.2) is 21.6 Å². The Balaban J connectivity index is 2.62. The van der Waals surface area contributed by atoms with Crippen molar-refractivity contribution in [3.05, 3.63) is 17.2 Å². The summed E-state index contributed by atoms with van der Waals surface area (Å²) in [7, 11) is 0. The smallest absolute Gasteiger partial charge is 0.328 e. The van der Waals surface area contributed by atoms with Crippen LogP contribution >= 0.6 is 12.2 Å². The van der Waals surface area contributed by atoms with Crippen molar-refractivity contribution in [2.75, 3.05) is 0 Å². The average molecular weight is 227 g/mol. The molecule has 4 nitrogen and oxygen atoms in total. The third-order valence-corrected chi connectivity index (χ3v) is 2.64. The van der Waals surface area contributed by atoms with Crippen molar-refractivity contribution in [1.82, 2.24) is 14.9 Å². The molecule has 15 heavy (non-hydrogen) atoms. The van der Waals surface area contributed by atoms with E-state index in [1.165, 1.54) is 4.57 Å². The van der Waals surface area contributed by atoms with Crippen LogP contribution in [0, 0.1) is 4.77 Å². The van der Waals surface area contributed by atoms with Gasteiger partial charge in [0.25, 0.3) is 0 Å². The maximum atomic E-state index is 11.7. The Morgan fingerprint density at radius 3 is 2.87 bits per heavy atom. The Kier molecular flexibility index (Phi) is 4.55. The fourth-order valence-corrected chi connectivity index (χ4v) is 1.66. The first-order valence-corrected chi connectivity index (χ1v) is 5.66. The minimum Gasteiger partial charge on any atom is -0.337 e. The number of imidazole rings is 1. The normalized spacial score (nSPS) is 12.4. The van der Waals surface area contributed by atoms with Crippen LogP contribution in [0.2, 0.25) is 0 Å². The van der Waals surface area contributed by atoms with E-state index in [-0.39, 0.29) is 12.1 Å². The molecule has 0 spiro atoms. The van der Waals surface area contributed by atoms with Crippen molar-refractivity contribution in [1.29, 1.82) is 0 Å². The van der Waals surface area contributed by atoms with E-state index >= 15 is 0 Å². The molecule has 0 aromatic carbocycles. The molecule has 0 radical (unpaired) electrons. The summed E-state index contributed by atoms with van der Waals surface area (Å²) in [5, 5.41) is 2.95. The first-order valence-electron chi connectivity index (χ1n) is 5.26. The molecule has 84 valence electrons. The van der Waals surface area contributed by atoms with Gasteiger partial charge in [0.15, 0.2) is 4.77 Å². The lowest BCUT2D eigenvalue weighted by Gasteiger charge is -2.15. The SMILES string of the molecule is CCCC(CC)NC(=O)n1cc[nH]c1=S. The molecule has 1 amide bonds. The van der Waals surface area contributed by atoms with Crippen LogP contribution in [0.15, 0.2) is 12.4 Å². The first-order chi connectivity index (χ1) is 7.19. The van der Waals surface area contributed by atoms with Gasteiger partial charge >= 0.3 is 6.03 Å². The molecule has 5 heteroatoms. The van der Waals surface area contributed by atoms with E-state index in [2.05, 4.69) is 24.1 Å². The summed E-state index contributed by atoms with van der Waals surface area (Å²) in [6.45, 7) is 4.17. The number of hydrogen-bond donors (Lipinski definition) is 2. The van der Waals surface area contributed by atoms with Crippen molar-refractivity contribution < 1.29 is 4.79 Å². The molecule has 0 saturated carbocycles. The van der Waals surface area contributed by atoms with Crippen molar-refractivity contribution in [2.45, 2.75) is 39.2 Å². The molecule has 0 aliphatic carbocycles. The lowest BCUT2D eigenvalue weighted by molar-refractivity contribution is 0.237. The number of carbonyl (C=O) groups is 1. The van der Waals surface area contributed by atoms with Crippen molar-refractivity contribution in [2.24, 2.45) is 0 Å². The number of carbonyl (C=O) groups excluding carboxylic acids is 1. The number of amides is 1. The zero-order valence-corrected chi connectivity index (χ0v) is 9.93. The highest BCUT2D eigenvalue weighted by Gasteiger charge is 2.10. The molecule has 0 fully saturated rings. The number of rotatable bonds is 4. The standard InChI is InChI=1S/C10H17N3OS/c1-3-5-8(4-2)12-9(14)13-7-6-11-10(13)15/h6-8H,3-5H2,1-2H3,(H,11,15)(H,12,14). The summed E-state index contributed by atoms with van der Waals surface area (Å²) >= 11 is 4.96. The molecule has 1 unspecified atom stereocenters. The Bertz CT molecular complexity index is 369. The second-order valence-electron chi connectivity index (χ2n) is 3.48. The molecule has 1 heterocycles. The van der Waals surface area contributed by atoms with E-state index in [1.807, 2.05) is 0 Å². The van der Waals surface area contributed by atoms with Gasteiger partial charge in [0.1, 0.15) is 0 Å². The van der Waals surface area contributed by atoms with Gasteiger partial charge in [-0.05, 0) is 25.1 Å². The number of hydrogen-bond acceptors (Lipinski definition) is 2. The van der Waals surface area contributed by atoms with Gasteiger partial charge in [-0.3, -0.25) is 0 Å². The fraction of sp³-hybridized carbons (Fsp3) is 0.600. The number of nitrogens with zero attached hydrogens (tertiary/aromatic N) is 1. The molecule has 2 N–H and O–H groups in total. The molecular formula is C10H17N3OS. The highest BCUT2D eigenvalue weighted by atomic mass is 32.1. The van der Waals surface area contributed by atoms with Gasteiger partial charge in [0.2, 0.25) is 0 Å². The fourth-order valence-electron chi connectivity index (χ4n) is 1.45. The third kappa shape index (κ3) is 3.20. The molecule has 0 aliphatic heterocycles. The maximum Gasteiger partial charge on any atom is 0.328 e. The van der Waals surface area contributed by atoms with Gasteiger partial charge in [-0.15, -0.1) is 0 Å². The summed E-state index contributed by atoms with van der Waals surface area (Å²) in [6.07, 6.45) is 6.30. The van der Waals surface area contributed by atoms with Crippen LogP contribution in [0.3, 0.4) is 0 Å². The van der Waals surface area contributed by atoms with Gasteiger partial charge in [-0.1, -0.05) is 20.3 Å². The van der Waals surface area contributed by atoms with Crippen molar-refractivity contribution in [3.8, 4) is 0 Å². The molecule has 1 aromatic heterocycles. The molecule has 0 saturated heterocycles. The van der Waals surface area contributed by atoms with Gasteiger partial charge in [0, 0.05) is 18.4 Å². The Hall–Kier alpha value is -1.10. The summed E-state index contributed by atoms with van der Waals surface area (Å²) in [5.74, 6) is 0. The monoisotopic (exact) mass is 227 g/mol. The minimum atomic E-state index is -0.151. The number of aromatic nitrogens is 2. The summed E-state index contributed by atoms with van der Waals surface area (Å²) in [6, 6.07) is 0.0841. The highest BCUT2D eigenvalue weighted by molar-refractivity contribution is 7.71. The van der Waals surface area contributed by atoms with E-state index in [9.17, 15) is 4.79 Å². The quantitative estimate of drug-likeness (QED) is 0.777. The van der Waals surface area contributed by atoms with Crippen LogP contribution in [0.5, 0.6) is 0 Å². The van der Waals surface area contributed by atoms with E-state index in [4.69, 9.17) is 12.2 Å². The van der Waals surface area contributed by atoms with E-state index in [0.717, 1.165) is 19.3 Å². The number of H-pyrrole nitrogens is 1. The summed E-state index contributed by atoms with van der Waals surface area (Å²) in [5.41, 5.74) is 0. The highest BCUT2D eigenvalue weighted by Crippen LogP contribution is 2.01. The summed E-state index contributed by atoms with van der Waals surface area (Å²) in [4.78, 5) is 14.5. The predicted octanol–water partition coefficient (Wildman–Crippen LogP) is 2.68. The molecule has 0 aliphatic rings. The number of nitrogens with one attached hydrogen (secondary N) is 2. The van der Waals surface area contributed by atoms with Gasteiger partial charge < -0.3 is 10.3 Å². The van der Waals surface area contributed by atoms with Crippen LogP contribution < -0.4 is 5.32 Å². The lowest BCUT2D eigenvalue weighted by atomic mass is 10.1. The van der Waals surface area contributed by atoms with Gasteiger partial charge in [-0.2, -0.15) is 0 Å². The Morgan fingerprint density at radius 1 is 1.67 bits per heavy atom. The first kappa shape index (κ1) is 12.0. The molecule has 1 rings (SSSR count). The van der Waals surface area contributed by atoms with Crippen molar-refractivity contribution >= 4 is 18.2 Å². The Labute approximate surface area is 94.7 Å². The molecule has 1 aromatic rings. The van der Waals surface area contributed by atoms with E-state index in [1.54, 1.807) is 12.4 Å². The van der Waals surface area contributed by atoms with Gasteiger partial charge in [-0.25, -0.2) is 9.36 Å². The predicted molar refractivity (Wildman–Crippen MR) is 62.5 cm³/mol. The average Bonchev–Trinajstić information content (AvgIpc) is 2.63. The Morgan fingerprint density at radius 2 is 2.40 bits per heavy atom. The zero-order valence-electron chi connectivity index (χ0n) is 9.12. The largest absolute Gasteiger partial charge is 0.337 e.